The fourth-order valence-corrected chi connectivity index (χ4v) is 2.81. The first kappa shape index (κ1) is 19.4. The van der Waals surface area contributed by atoms with Gasteiger partial charge in [-0.05, 0) is 41.5 Å². The molecule has 5 nitrogen and oxygen atoms in total. The van der Waals surface area contributed by atoms with Crippen LogP contribution in [0.15, 0.2) is 66.0 Å². The number of benzene rings is 2. The van der Waals surface area contributed by atoms with Crippen LogP contribution in [0, 0.1) is 0 Å². The molecule has 0 amide bonds. The van der Waals surface area contributed by atoms with Crippen molar-refractivity contribution < 1.29 is 4.57 Å². The van der Waals surface area contributed by atoms with Gasteiger partial charge in [-0.2, -0.15) is 0 Å². The fraction of sp³-hybridized carbons (Fsp3) is 0.217. The van der Waals surface area contributed by atoms with Crippen molar-refractivity contribution in [2.45, 2.75) is 0 Å². The van der Waals surface area contributed by atoms with E-state index in [-0.39, 0.29) is 0 Å². The average molecular weight is 375 g/mol. The van der Waals surface area contributed by atoms with Crippen LogP contribution in [0.4, 0.5) is 11.4 Å². The molecule has 0 saturated heterocycles. The van der Waals surface area contributed by atoms with Gasteiger partial charge in [-0.3, -0.25) is 0 Å². The summed E-state index contributed by atoms with van der Waals surface area (Å²) in [5.74, 6) is 0.998. The molecule has 5 heteroatoms. The standard InChI is InChI=1S/C23H28N5/c1-25(2)21-11-6-19(7-12-21)10-15-23-27(5)16-17-28(23)24-18-20-8-13-22(14-9-20)26(3)4/h6-18H,1-5H3/q+1. The van der Waals surface area contributed by atoms with Crippen molar-refractivity contribution in [1.29, 1.82) is 0 Å². The van der Waals surface area contributed by atoms with Gasteiger partial charge in [0.1, 0.15) is 6.20 Å². The first-order valence-electron chi connectivity index (χ1n) is 9.28. The normalized spacial score (nSPS) is 11.5. The molecular weight excluding hydrogens is 346 g/mol. The van der Waals surface area contributed by atoms with Gasteiger partial charge in [-0.25, -0.2) is 4.57 Å². The Hall–Kier alpha value is -3.34. The molecule has 0 atom stereocenters. The lowest BCUT2D eigenvalue weighted by Gasteiger charge is -2.11. The van der Waals surface area contributed by atoms with E-state index < -0.39 is 0 Å². The van der Waals surface area contributed by atoms with Crippen LogP contribution in [0.25, 0.3) is 12.2 Å². The Kier molecular flexibility index (Phi) is 5.94. The van der Waals surface area contributed by atoms with E-state index in [0.29, 0.717) is 0 Å². The molecule has 0 aliphatic rings. The Bertz CT molecular complexity index is 961. The maximum absolute atomic E-state index is 4.62. The lowest BCUT2D eigenvalue weighted by Crippen LogP contribution is -2.29. The number of aryl methyl sites for hydroxylation is 1. The van der Waals surface area contributed by atoms with Crippen molar-refractivity contribution >= 4 is 29.7 Å². The van der Waals surface area contributed by atoms with Crippen LogP contribution in [-0.4, -0.2) is 39.1 Å². The first-order valence-corrected chi connectivity index (χ1v) is 9.28. The second-order valence-corrected chi connectivity index (χ2v) is 7.16. The minimum atomic E-state index is 0.998. The van der Waals surface area contributed by atoms with Gasteiger partial charge < -0.3 is 9.80 Å². The molecule has 0 aliphatic heterocycles. The molecule has 2 aromatic carbocycles. The number of anilines is 2. The number of imidazole rings is 1. The first-order chi connectivity index (χ1) is 13.4. The van der Waals surface area contributed by atoms with Crippen molar-refractivity contribution in [2.24, 2.45) is 12.1 Å². The summed E-state index contributed by atoms with van der Waals surface area (Å²) in [7, 11) is 10.2. The van der Waals surface area contributed by atoms with Crippen LogP contribution in [0.2, 0.25) is 0 Å². The average Bonchev–Trinajstić information content (AvgIpc) is 3.05. The third-order valence-electron chi connectivity index (χ3n) is 4.60. The van der Waals surface area contributed by atoms with E-state index in [1.807, 2.05) is 58.5 Å². The quantitative estimate of drug-likeness (QED) is 0.488. The van der Waals surface area contributed by atoms with Crippen molar-refractivity contribution in [3.05, 3.63) is 77.9 Å². The monoisotopic (exact) mass is 374 g/mol. The molecule has 3 aromatic rings. The third kappa shape index (κ3) is 4.68. The second-order valence-electron chi connectivity index (χ2n) is 7.16. The van der Waals surface area contributed by atoms with Gasteiger partial charge in [0.2, 0.25) is 0 Å². The van der Waals surface area contributed by atoms with Crippen molar-refractivity contribution in [3.8, 4) is 0 Å². The van der Waals surface area contributed by atoms with Gasteiger partial charge >= 0.3 is 5.82 Å². The van der Waals surface area contributed by atoms with E-state index in [0.717, 1.165) is 17.0 Å². The molecule has 3 rings (SSSR count). The van der Waals surface area contributed by atoms with Gasteiger partial charge in [0.05, 0.1) is 13.3 Å². The van der Waals surface area contributed by atoms with Crippen LogP contribution in [0.5, 0.6) is 0 Å². The van der Waals surface area contributed by atoms with E-state index >= 15 is 0 Å². The predicted octanol–water partition coefficient (Wildman–Crippen LogP) is 3.50. The zero-order chi connectivity index (χ0) is 20.1. The molecule has 0 spiro atoms. The second kappa shape index (κ2) is 8.57. The summed E-state index contributed by atoms with van der Waals surface area (Å²) in [6.07, 6.45) is 10.0. The van der Waals surface area contributed by atoms with Gasteiger partial charge in [0.25, 0.3) is 0 Å². The van der Waals surface area contributed by atoms with Crippen LogP contribution >= 0.6 is 0 Å². The summed E-state index contributed by atoms with van der Waals surface area (Å²) in [5.41, 5.74) is 4.59. The van der Waals surface area contributed by atoms with Crippen molar-refractivity contribution in [1.82, 2.24) is 4.68 Å². The number of aromatic nitrogens is 2. The van der Waals surface area contributed by atoms with Gasteiger partial charge in [-0.1, -0.05) is 29.4 Å². The summed E-state index contributed by atoms with van der Waals surface area (Å²) in [6.45, 7) is 0. The Balaban J connectivity index is 1.77. The molecule has 0 radical (unpaired) electrons. The molecule has 0 saturated carbocycles. The van der Waals surface area contributed by atoms with E-state index in [4.69, 9.17) is 0 Å². The maximum atomic E-state index is 4.62. The predicted molar refractivity (Wildman–Crippen MR) is 119 cm³/mol. The minimum Gasteiger partial charge on any atom is -0.378 e. The lowest BCUT2D eigenvalue weighted by molar-refractivity contribution is -0.672. The van der Waals surface area contributed by atoms with E-state index in [2.05, 4.69) is 80.2 Å². The molecule has 1 aromatic heterocycles. The highest BCUT2D eigenvalue weighted by Gasteiger charge is 2.10. The number of hydrogen-bond acceptors (Lipinski definition) is 3. The van der Waals surface area contributed by atoms with Crippen LogP contribution in [0.3, 0.4) is 0 Å². The molecule has 0 fully saturated rings. The molecule has 1 heterocycles. The van der Waals surface area contributed by atoms with Crippen LogP contribution in [-0.2, 0) is 7.05 Å². The molecular formula is C23H28N5+. The lowest BCUT2D eigenvalue weighted by atomic mass is 10.2. The molecule has 0 aliphatic carbocycles. The molecule has 28 heavy (non-hydrogen) atoms. The number of nitrogens with zero attached hydrogens (tertiary/aromatic N) is 5. The van der Waals surface area contributed by atoms with Crippen LogP contribution < -0.4 is 14.4 Å². The third-order valence-corrected chi connectivity index (χ3v) is 4.60. The van der Waals surface area contributed by atoms with Gasteiger partial charge in [0, 0.05) is 45.6 Å². The van der Waals surface area contributed by atoms with E-state index in [1.165, 1.54) is 11.4 Å². The minimum absolute atomic E-state index is 0.998. The largest absolute Gasteiger partial charge is 0.378 e. The van der Waals surface area contributed by atoms with E-state index in [9.17, 15) is 0 Å². The topological polar surface area (TPSA) is 27.7 Å². The fourth-order valence-electron chi connectivity index (χ4n) is 2.81. The van der Waals surface area contributed by atoms with Gasteiger partial charge in [0.15, 0.2) is 6.20 Å². The number of rotatable bonds is 6. The molecule has 0 N–H and O–H groups in total. The Morgan fingerprint density at radius 2 is 1.32 bits per heavy atom. The smallest absolute Gasteiger partial charge is 0.306 e. The molecule has 144 valence electrons. The molecule has 0 unspecified atom stereocenters. The molecule has 0 bridgehead atoms. The summed E-state index contributed by atoms with van der Waals surface area (Å²) >= 11 is 0. The van der Waals surface area contributed by atoms with Gasteiger partial charge in [-0.15, -0.1) is 4.68 Å². The summed E-state index contributed by atoms with van der Waals surface area (Å²) in [4.78, 5) is 4.18. The van der Waals surface area contributed by atoms with E-state index in [1.54, 1.807) is 0 Å². The van der Waals surface area contributed by atoms with Crippen LogP contribution in [0.1, 0.15) is 17.0 Å². The Labute approximate surface area is 167 Å². The Morgan fingerprint density at radius 1 is 0.786 bits per heavy atom. The SMILES string of the molecule is CN(C)c1ccc(C=Cc2n(N=Cc3ccc(N(C)C)cc3)cc[n+]2C)cc1. The summed E-state index contributed by atoms with van der Waals surface area (Å²) in [6, 6.07) is 16.8. The highest BCUT2D eigenvalue weighted by Crippen LogP contribution is 2.14. The zero-order valence-corrected chi connectivity index (χ0v) is 17.2. The highest BCUT2D eigenvalue weighted by molar-refractivity contribution is 5.80. The van der Waals surface area contributed by atoms with Crippen molar-refractivity contribution in [3.63, 3.8) is 0 Å². The zero-order valence-electron chi connectivity index (χ0n) is 17.2. The maximum Gasteiger partial charge on any atom is 0.306 e. The van der Waals surface area contributed by atoms with Crippen molar-refractivity contribution in [2.75, 3.05) is 38.0 Å². The highest BCUT2D eigenvalue weighted by atomic mass is 15.4. The summed E-state index contributed by atoms with van der Waals surface area (Å²) in [5, 5.41) is 4.62. The summed E-state index contributed by atoms with van der Waals surface area (Å²) < 4.78 is 3.93. The Morgan fingerprint density at radius 3 is 1.86 bits per heavy atom. The number of hydrogen-bond donors (Lipinski definition) is 0.